The van der Waals surface area contributed by atoms with Crippen molar-refractivity contribution >= 4 is 0 Å². The molecule has 0 unspecified atom stereocenters. The summed E-state index contributed by atoms with van der Waals surface area (Å²) in [6, 6.07) is 0. The topological polar surface area (TPSA) is 40.2 Å². The maximum Gasteiger partial charge on any atom is 0.0701 e. The molecule has 0 aromatic heterocycles. The van der Waals surface area contributed by atoms with Crippen LogP contribution in [0.4, 0.5) is 0 Å². The first-order chi connectivity index (χ1) is 11.2. The van der Waals surface area contributed by atoms with Gasteiger partial charge in [0.2, 0.25) is 0 Å². The first-order valence-electron chi connectivity index (χ1n) is 9.16. The zero-order chi connectivity index (χ0) is 17.8. The molecule has 0 atom stereocenters. The molecule has 0 N–H and O–H groups in total. The van der Waals surface area contributed by atoms with Gasteiger partial charge in [0.05, 0.1) is 46.2 Å². The zero-order valence-electron chi connectivity index (χ0n) is 16.4. The summed E-state index contributed by atoms with van der Waals surface area (Å²) in [7, 11) is 2.09. The Kier molecular flexibility index (Phi) is 23.7. The lowest BCUT2D eigenvalue weighted by Crippen LogP contribution is -2.23. The van der Waals surface area contributed by atoms with Crippen LogP contribution < -0.4 is 0 Å². The third-order valence-electron chi connectivity index (χ3n) is 3.11. The number of ether oxygens (including phenoxy) is 4. The highest BCUT2D eigenvalue weighted by Gasteiger charge is 1.96. The molecule has 5 nitrogen and oxygen atoms in total. The summed E-state index contributed by atoms with van der Waals surface area (Å²) < 4.78 is 21.8. The monoisotopic (exact) mass is 335 g/mol. The molecule has 142 valence electrons. The molecule has 0 aliphatic heterocycles. The molecular weight excluding hydrogens is 294 g/mol. The largest absolute Gasteiger partial charge is 0.379 e. The Balaban J connectivity index is 0. The van der Waals surface area contributed by atoms with Gasteiger partial charge < -0.3 is 23.8 Å². The van der Waals surface area contributed by atoms with Crippen molar-refractivity contribution in [1.82, 2.24) is 4.90 Å². The van der Waals surface area contributed by atoms with E-state index in [0.29, 0.717) is 45.6 Å². The van der Waals surface area contributed by atoms with Crippen molar-refractivity contribution in [2.45, 2.75) is 41.0 Å². The fourth-order valence-corrected chi connectivity index (χ4v) is 1.46. The van der Waals surface area contributed by atoms with Gasteiger partial charge in [-0.25, -0.2) is 0 Å². The highest BCUT2D eigenvalue weighted by molar-refractivity contribution is 4.45. The molecule has 0 heterocycles. The van der Waals surface area contributed by atoms with E-state index < -0.39 is 0 Å². The SMILES string of the molecule is CC.CCN(C)CCOCCOCCOCCOCCC(C)C. The predicted molar refractivity (Wildman–Crippen MR) is 97.3 cm³/mol. The van der Waals surface area contributed by atoms with Gasteiger partial charge in [-0.05, 0) is 25.9 Å². The molecule has 0 rings (SSSR count). The van der Waals surface area contributed by atoms with Gasteiger partial charge in [0, 0.05) is 13.2 Å². The number of likely N-dealkylation sites (N-methyl/N-ethyl adjacent to an activating group) is 1. The van der Waals surface area contributed by atoms with E-state index in [0.717, 1.165) is 32.7 Å². The Morgan fingerprint density at radius 1 is 0.696 bits per heavy atom. The van der Waals surface area contributed by atoms with Crippen molar-refractivity contribution in [3.8, 4) is 0 Å². The molecule has 23 heavy (non-hydrogen) atoms. The van der Waals surface area contributed by atoms with E-state index in [1.54, 1.807) is 0 Å². The maximum atomic E-state index is 5.47. The fraction of sp³-hybridized carbons (Fsp3) is 1.00. The van der Waals surface area contributed by atoms with E-state index >= 15 is 0 Å². The van der Waals surface area contributed by atoms with Crippen LogP contribution in [-0.2, 0) is 18.9 Å². The van der Waals surface area contributed by atoms with Crippen LogP contribution in [-0.4, -0.2) is 77.9 Å². The van der Waals surface area contributed by atoms with E-state index in [1.807, 2.05) is 13.8 Å². The number of hydrogen-bond acceptors (Lipinski definition) is 5. The molecule has 0 aromatic carbocycles. The number of hydrogen-bond donors (Lipinski definition) is 0. The Hall–Kier alpha value is -0.200. The summed E-state index contributed by atoms with van der Waals surface area (Å²) in [5.74, 6) is 0.698. The summed E-state index contributed by atoms with van der Waals surface area (Å²) in [6.07, 6.45) is 1.11. The van der Waals surface area contributed by atoms with Crippen LogP contribution in [0.15, 0.2) is 0 Å². The highest BCUT2D eigenvalue weighted by Crippen LogP contribution is 1.98. The van der Waals surface area contributed by atoms with Gasteiger partial charge in [0.1, 0.15) is 0 Å². The Bertz CT molecular complexity index is 203. The Labute approximate surface area is 144 Å². The second-order valence-corrected chi connectivity index (χ2v) is 5.53. The average Bonchev–Trinajstić information content (AvgIpc) is 2.56. The lowest BCUT2D eigenvalue weighted by molar-refractivity contribution is -0.00410. The van der Waals surface area contributed by atoms with Crippen LogP contribution in [0.5, 0.6) is 0 Å². The quantitative estimate of drug-likeness (QED) is 0.405. The van der Waals surface area contributed by atoms with Gasteiger partial charge in [0.25, 0.3) is 0 Å². The summed E-state index contributed by atoms with van der Waals surface area (Å²) in [5.41, 5.74) is 0. The fourth-order valence-electron chi connectivity index (χ4n) is 1.46. The van der Waals surface area contributed by atoms with E-state index in [4.69, 9.17) is 18.9 Å². The molecule has 0 aromatic rings. The van der Waals surface area contributed by atoms with Gasteiger partial charge >= 0.3 is 0 Å². The lowest BCUT2D eigenvalue weighted by atomic mass is 10.1. The minimum absolute atomic E-state index is 0.615. The molecule has 0 amide bonds. The van der Waals surface area contributed by atoms with E-state index in [1.165, 1.54) is 0 Å². The average molecular weight is 336 g/mol. The van der Waals surface area contributed by atoms with Crippen LogP contribution >= 0.6 is 0 Å². The molecule has 0 saturated heterocycles. The van der Waals surface area contributed by atoms with Crippen LogP contribution in [0.3, 0.4) is 0 Å². The third kappa shape index (κ3) is 24.2. The lowest BCUT2D eigenvalue weighted by Gasteiger charge is -2.13. The minimum Gasteiger partial charge on any atom is -0.379 e. The Morgan fingerprint density at radius 2 is 1.09 bits per heavy atom. The van der Waals surface area contributed by atoms with Crippen LogP contribution in [0.2, 0.25) is 0 Å². The smallest absolute Gasteiger partial charge is 0.0701 e. The highest BCUT2D eigenvalue weighted by atomic mass is 16.6. The van der Waals surface area contributed by atoms with Gasteiger partial charge in [-0.3, -0.25) is 0 Å². The normalized spacial score (nSPS) is 11.0. The molecular formula is C18H41NO4. The van der Waals surface area contributed by atoms with E-state index in [9.17, 15) is 0 Å². The molecule has 0 aliphatic rings. The molecule has 0 aliphatic carbocycles. The van der Waals surface area contributed by atoms with Crippen molar-refractivity contribution < 1.29 is 18.9 Å². The Morgan fingerprint density at radius 3 is 1.48 bits per heavy atom. The van der Waals surface area contributed by atoms with Crippen molar-refractivity contribution in [3.05, 3.63) is 0 Å². The third-order valence-corrected chi connectivity index (χ3v) is 3.11. The van der Waals surface area contributed by atoms with Crippen molar-refractivity contribution in [1.29, 1.82) is 0 Å². The summed E-state index contributed by atoms with van der Waals surface area (Å²) in [5, 5.41) is 0. The number of nitrogens with zero attached hydrogens (tertiary/aromatic N) is 1. The van der Waals surface area contributed by atoms with E-state index in [2.05, 4.69) is 32.7 Å². The number of rotatable bonds is 16. The molecule has 0 fully saturated rings. The maximum absolute atomic E-state index is 5.47. The summed E-state index contributed by atoms with van der Waals surface area (Å²) >= 11 is 0. The van der Waals surface area contributed by atoms with Gasteiger partial charge in [-0.15, -0.1) is 0 Å². The van der Waals surface area contributed by atoms with Gasteiger partial charge in [-0.2, -0.15) is 0 Å². The predicted octanol–water partition coefficient (Wildman–Crippen LogP) is 3.08. The second kappa shape index (κ2) is 21.8. The minimum atomic E-state index is 0.615. The van der Waals surface area contributed by atoms with Gasteiger partial charge in [-0.1, -0.05) is 34.6 Å². The summed E-state index contributed by atoms with van der Waals surface area (Å²) in [6.45, 7) is 18.0. The van der Waals surface area contributed by atoms with Crippen molar-refractivity contribution in [3.63, 3.8) is 0 Å². The van der Waals surface area contributed by atoms with Crippen molar-refractivity contribution in [2.24, 2.45) is 5.92 Å². The zero-order valence-corrected chi connectivity index (χ0v) is 16.4. The molecule has 5 heteroatoms. The standard InChI is InChI=1S/C16H35NO4.C2H6/c1-5-17(4)7-9-19-11-13-21-15-14-20-12-10-18-8-6-16(2)3;1-2/h16H,5-15H2,1-4H3;1-2H3. The van der Waals surface area contributed by atoms with Crippen LogP contribution in [0.25, 0.3) is 0 Å². The van der Waals surface area contributed by atoms with Gasteiger partial charge in [0.15, 0.2) is 0 Å². The molecule has 0 saturated carbocycles. The second-order valence-electron chi connectivity index (χ2n) is 5.53. The molecule has 0 bridgehead atoms. The van der Waals surface area contributed by atoms with E-state index in [-0.39, 0.29) is 0 Å². The van der Waals surface area contributed by atoms with Crippen molar-refractivity contribution in [2.75, 3.05) is 73.0 Å². The first-order valence-corrected chi connectivity index (χ1v) is 9.16. The molecule has 0 spiro atoms. The van der Waals surface area contributed by atoms with Crippen LogP contribution in [0.1, 0.15) is 41.0 Å². The van der Waals surface area contributed by atoms with Crippen LogP contribution in [0, 0.1) is 5.92 Å². The first kappa shape index (κ1) is 25.0. The summed E-state index contributed by atoms with van der Waals surface area (Å²) in [4.78, 5) is 2.22. The molecule has 0 radical (unpaired) electrons.